The number of hydrogen-bond acceptors (Lipinski definition) is 8. The van der Waals surface area contributed by atoms with Gasteiger partial charge in [-0.05, 0) is 36.5 Å². The van der Waals surface area contributed by atoms with Gasteiger partial charge in [-0.25, -0.2) is 5.01 Å². The molecule has 182 valence electrons. The second kappa shape index (κ2) is 8.48. The van der Waals surface area contributed by atoms with E-state index in [-0.39, 0.29) is 23.1 Å². The van der Waals surface area contributed by atoms with Gasteiger partial charge in [-0.15, -0.1) is 0 Å². The van der Waals surface area contributed by atoms with Gasteiger partial charge in [0.15, 0.2) is 5.78 Å². The number of Topliss-reactive ketones (excluding diaryl/α,β-unsaturated/α-hetero) is 1. The van der Waals surface area contributed by atoms with Gasteiger partial charge in [-0.3, -0.25) is 39.4 Å². The molecule has 2 aromatic carbocycles. The van der Waals surface area contributed by atoms with Gasteiger partial charge >= 0.3 is 0 Å². The Morgan fingerprint density at radius 1 is 0.889 bits per heavy atom. The summed E-state index contributed by atoms with van der Waals surface area (Å²) in [5, 5.41) is 23.8. The van der Waals surface area contributed by atoms with Crippen LogP contribution in [0, 0.1) is 43.9 Å². The smallest absolute Gasteiger partial charge is 0.282 e. The molecule has 0 radical (unpaired) electrons. The van der Waals surface area contributed by atoms with Crippen molar-refractivity contribution in [3.05, 3.63) is 92.0 Å². The first-order valence-corrected chi connectivity index (χ1v) is 11.1. The van der Waals surface area contributed by atoms with Crippen LogP contribution in [-0.2, 0) is 9.59 Å². The minimum absolute atomic E-state index is 0.00184. The highest BCUT2D eigenvalue weighted by Crippen LogP contribution is 2.52. The molecule has 12 heteroatoms. The number of nitro benzene ring substituents is 2. The molecular formula is C24H18N4O8. The molecule has 1 aliphatic heterocycles. The number of ketones is 1. The van der Waals surface area contributed by atoms with Gasteiger partial charge in [-0.2, -0.15) is 5.01 Å². The predicted molar refractivity (Wildman–Crippen MR) is 121 cm³/mol. The Morgan fingerprint density at radius 3 is 2.03 bits per heavy atom. The monoisotopic (exact) mass is 490 g/mol. The number of fused-ring (bicyclic) bond motifs is 5. The lowest BCUT2D eigenvalue weighted by molar-refractivity contribution is -0.385. The first kappa shape index (κ1) is 23.0. The molecule has 1 saturated heterocycles. The maximum absolute atomic E-state index is 13.6. The van der Waals surface area contributed by atoms with Crippen LogP contribution in [0.2, 0.25) is 0 Å². The number of carbonyl (C=O) groups is 4. The molecule has 12 nitrogen and oxygen atoms in total. The molecule has 4 atom stereocenters. The maximum Gasteiger partial charge on any atom is 0.282 e. The SMILES string of the molecule is O=C(CN(C(=O)c1ccccc1[N+](=O)[O-])N1C(=O)[C@@H]2[C@H](C1=O)[C@H]1C=C[C@H]2C1)c1ccc([N+](=O)[O-])cc1. The standard InChI is InChI=1S/C24H18N4O8/c29-19(13-7-9-16(10-8-13)27(33)34)12-25(22(30)17-3-1-2-4-18(17)28(35)36)26-23(31)20-14-5-6-15(11-14)21(20)24(26)32/h1-10,14-15,20-21H,11-12H2/t14-,15-,20-,21+/m0/s1. The number of amides is 3. The van der Waals surface area contributed by atoms with E-state index < -0.39 is 63.0 Å². The average molecular weight is 490 g/mol. The summed E-state index contributed by atoms with van der Waals surface area (Å²) in [6.07, 6.45) is 4.40. The number of hydrazine groups is 1. The molecule has 1 heterocycles. The van der Waals surface area contributed by atoms with E-state index in [0.717, 1.165) is 18.2 Å². The van der Waals surface area contributed by atoms with E-state index in [1.54, 1.807) is 0 Å². The van der Waals surface area contributed by atoms with Crippen molar-refractivity contribution in [1.82, 2.24) is 10.0 Å². The molecule has 2 aliphatic carbocycles. The first-order valence-electron chi connectivity index (χ1n) is 11.1. The Labute approximate surface area is 203 Å². The fraction of sp³-hybridized carbons (Fsp3) is 0.250. The molecule has 0 N–H and O–H groups in total. The van der Waals surface area contributed by atoms with Gasteiger partial charge in [0, 0.05) is 23.8 Å². The minimum Gasteiger partial charge on any atom is -0.292 e. The number of carbonyl (C=O) groups excluding carboxylic acids is 4. The van der Waals surface area contributed by atoms with Gasteiger partial charge in [-0.1, -0.05) is 24.3 Å². The Hall–Kier alpha value is -4.74. The van der Waals surface area contributed by atoms with Crippen molar-refractivity contribution in [3.63, 3.8) is 0 Å². The van der Waals surface area contributed by atoms with Crippen LogP contribution in [-0.4, -0.2) is 49.9 Å². The quantitative estimate of drug-likeness (QED) is 0.188. The van der Waals surface area contributed by atoms with Crippen molar-refractivity contribution in [2.45, 2.75) is 6.42 Å². The molecule has 1 saturated carbocycles. The van der Waals surface area contributed by atoms with Crippen LogP contribution in [0.15, 0.2) is 60.7 Å². The van der Waals surface area contributed by atoms with Crippen molar-refractivity contribution in [2.75, 3.05) is 6.54 Å². The van der Waals surface area contributed by atoms with Crippen LogP contribution in [0.4, 0.5) is 11.4 Å². The van der Waals surface area contributed by atoms with Crippen LogP contribution in [0.5, 0.6) is 0 Å². The predicted octanol–water partition coefficient (Wildman–Crippen LogP) is 2.55. The number of allylic oxidation sites excluding steroid dienone is 2. The topological polar surface area (TPSA) is 161 Å². The van der Waals surface area contributed by atoms with E-state index in [1.807, 2.05) is 12.2 Å². The van der Waals surface area contributed by atoms with Gasteiger partial charge < -0.3 is 0 Å². The van der Waals surface area contributed by atoms with E-state index in [2.05, 4.69) is 0 Å². The fourth-order valence-corrected chi connectivity index (χ4v) is 5.31. The van der Waals surface area contributed by atoms with Crippen LogP contribution in [0.25, 0.3) is 0 Å². The molecule has 5 rings (SSSR count). The third-order valence-corrected chi connectivity index (χ3v) is 6.95. The molecule has 0 spiro atoms. The Kier molecular flexibility index (Phi) is 5.43. The molecule has 2 bridgehead atoms. The van der Waals surface area contributed by atoms with Gasteiger partial charge in [0.2, 0.25) is 0 Å². The summed E-state index contributed by atoms with van der Waals surface area (Å²) in [6, 6.07) is 9.66. The van der Waals surface area contributed by atoms with E-state index in [9.17, 15) is 39.4 Å². The Bertz CT molecular complexity index is 1340. The number of para-hydroxylation sites is 1. The van der Waals surface area contributed by atoms with Gasteiger partial charge in [0.1, 0.15) is 12.1 Å². The molecule has 2 aromatic rings. The van der Waals surface area contributed by atoms with Crippen molar-refractivity contribution in [1.29, 1.82) is 0 Å². The molecule has 2 fully saturated rings. The second-order valence-electron chi connectivity index (χ2n) is 8.85. The zero-order valence-corrected chi connectivity index (χ0v) is 18.6. The van der Waals surface area contributed by atoms with Crippen LogP contribution < -0.4 is 0 Å². The number of non-ortho nitro benzene ring substituents is 1. The van der Waals surface area contributed by atoms with Crippen LogP contribution in [0.1, 0.15) is 27.1 Å². The van der Waals surface area contributed by atoms with Gasteiger partial charge in [0.25, 0.3) is 29.1 Å². The average Bonchev–Trinajstić information content (AvgIpc) is 3.56. The number of imide groups is 1. The van der Waals surface area contributed by atoms with E-state index in [1.165, 1.54) is 30.3 Å². The summed E-state index contributed by atoms with van der Waals surface area (Å²) in [4.78, 5) is 74.5. The highest BCUT2D eigenvalue weighted by atomic mass is 16.6. The highest BCUT2D eigenvalue weighted by Gasteiger charge is 2.61. The molecule has 3 aliphatic rings. The summed E-state index contributed by atoms with van der Waals surface area (Å²) >= 11 is 0. The summed E-state index contributed by atoms with van der Waals surface area (Å²) in [7, 11) is 0. The normalized spacial score (nSPS) is 23.6. The molecular weight excluding hydrogens is 472 g/mol. The third kappa shape index (κ3) is 3.54. The number of nitrogens with zero attached hydrogens (tertiary/aromatic N) is 4. The number of nitro groups is 2. The number of benzene rings is 2. The zero-order valence-electron chi connectivity index (χ0n) is 18.6. The lowest BCUT2D eigenvalue weighted by Gasteiger charge is -2.30. The summed E-state index contributed by atoms with van der Waals surface area (Å²) in [5.74, 6) is -4.68. The largest absolute Gasteiger partial charge is 0.292 e. The van der Waals surface area contributed by atoms with Crippen molar-refractivity contribution in [2.24, 2.45) is 23.7 Å². The first-order chi connectivity index (χ1) is 17.2. The summed E-state index contributed by atoms with van der Waals surface area (Å²) in [5.41, 5.74) is -1.18. The van der Waals surface area contributed by atoms with Crippen LogP contribution in [0.3, 0.4) is 0 Å². The van der Waals surface area contributed by atoms with E-state index in [4.69, 9.17) is 0 Å². The Morgan fingerprint density at radius 2 is 1.47 bits per heavy atom. The van der Waals surface area contributed by atoms with Crippen molar-refractivity contribution >= 4 is 34.9 Å². The second-order valence-corrected chi connectivity index (χ2v) is 8.85. The molecule has 0 aromatic heterocycles. The van der Waals surface area contributed by atoms with E-state index >= 15 is 0 Å². The fourth-order valence-electron chi connectivity index (χ4n) is 5.31. The lowest BCUT2D eigenvalue weighted by Crippen LogP contribution is -2.52. The third-order valence-electron chi connectivity index (χ3n) is 6.95. The molecule has 3 amide bonds. The zero-order chi connectivity index (χ0) is 25.7. The summed E-state index contributed by atoms with van der Waals surface area (Å²) < 4.78 is 0. The van der Waals surface area contributed by atoms with Crippen molar-refractivity contribution < 1.29 is 29.0 Å². The number of hydrogen-bond donors (Lipinski definition) is 0. The molecule has 0 unspecified atom stereocenters. The summed E-state index contributed by atoms with van der Waals surface area (Å²) in [6.45, 7) is -0.775. The van der Waals surface area contributed by atoms with Crippen LogP contribution >= 0.6 is 0 Å². The highest BCUT2D eigenvalue weighted by molar-refractivity contribution is 6.11. The minimum atomic E-state index is -1.06. The van der Waals surface area contributed by atoms with E-state index in [0.29, 0.717) is 16.4 Å². The van der Waals surface area contributed by atoms with Crippen molar-refractivity contribution in [3.8, 4) is 0 Å². The Balaban J connectivity index is 1.52. The number of rotatable bonds is 7. The van der Waals surface area contributed by atoms with Gasteiger partial charge in [0.05, 0.1) is 21.7 Å². The molecule has 36 heavy (non-hydrogen) atoms. The maximum atomic E-state index is 13.6. The lowest BCUT2D eigenvalue weighted by atomic mass is 9.85.